The fourth-order valence-corrected chi connectivity index (χ4v) is 1.73. The monoisotopic (exact) mass is 192 g/mol. The molecule has 1 nitrogen and oxygen atoms in total. The summed E-state index contributed by atoms with van der Waals surface area (Å²) in [7, 11) is 0. The predicted octanol–water partition coefficient (Wildman–Crippen LogP) is 2.53. The molecule has 1 heterocycles. The highest BCUT2D eigenvalue weighted by atomic mass is 32.1. The van der Waals surface area contributed by atoms with Crippen molar-refractivity contribution in [2.45, 2.75) is 25.9 Å². The van der Waals surface area contributed by atoms with E-state index in [1.807, 2.05) is 6.92 Å². The molecule has 4 heteroatoms. The Morgan fingerprint density at radius 3 is 2.42 bits per heavy atom. The Morgan fingerprint density at radius 2 is 2.08 bits per heavy atom. The SMILES string of the molecule is Cc1ccc(C(C)(O)C(F)F)s1. The topological polar surface area (TPSA) is 20.2 Å². The van der Waals surface area contributed by atoms with E-state index in [4.69, 9.17) is 0 Å². The quantitative estimate of drug-likeness (QED) is 0.763. The lowest BCUT2D eigenvalue weighted by Gasteiger charge is -2.20. The van der Waals surface area contributed by atoms with Crippen LogP contribution in [0.5, 0.6) is 0 Å². The van der Waals surface area contributed by atoms with E-state index < -0.39 is 12.0 Å². The third-order valence-electron chi connectivity index (χ3n) is 1.66. The minimum Gasteiger partial charge on any atom is -0.379 e. The summed E-state index contributed by atoms with van der Waals surface area (Å²) in [5.41, 5.74) is -2.00. The maximum Gasteiger partial charge on any atom is 0.271 e. The summed E-state index contributed by atoms with van der Waals surface area (Å²) in [6.07, 6.45) is -2.74. The van der Waals surface area contributed by atoms with Crippen LogP contribution < -0.4 is 0 Å². The van der Waals surface area contributed by atoms with Crippen molar-refractivity contribution in [1.29, 1.82) is 0 Å². The molecule has 1 aromatic heterocycles. The Morgan fingerprint density at radius 1 is 1.50 bits per heavy atom. The highest BCUT2D eigenvalue weighted by Crippen LogP contribution is 2.32. The van der Waals surface area contributed by atoms with Crippen LogP contribution >= 0.6 is 11.3 Å². The summed E-state index contributed by atoms with van der Waals surface area (Å²) in [5.74, 6) is 0. The molecule has 0 bridgehead atoms. The molecule has 1 rings (SSSR count). The molecule has 0 fully saturated rings. The van der Waals surface area contributed by atoms with Crippen molar-refractivity contribution >= 4 is 11.3 Å². The number of alkyl halides is 2. The van der Waals surface area contributed by atoms with Gasteiger partial charge in [-0.3, -0.25) is 0 Å². The molecule has 1 unspecified atom stereocenters. The minimum atomic E-state index is -2.74. The van der Waals surface area contributed by atoms with Crippen molar-refractivity contribution in [2.24, 2.45) is 0 Å². The first-order valence-electron chi connectivity index (χ1n) is 3.52. The minimum absolute atomic E-state index is 0.315. The molecule has 0 spiro atoms. The highest BCUT2D eigenvalue weighted by molar-refractivity contribution is 7.12. The Labute approximate surface area is 73.7 Å². The Kier molecular flexibility index (Phi) is 2.49. The summed E-state index contributed by atoms with van der Waals surface area (Å²) in [5, 5.41) is 9.34. The van der Waals surface area contributed by atoms with Gasteiger partial charge in [-0.25, -0.2) is 8.78 Å². The molecule has 68 valence electrons. The number of rotatable bonds is 2. The number of hydrogen-bond acceptors (Lipinski definition) is 2. The second-order valence-corrected chi connectivity index (χ2v) is 4.15. The van der Waals surface area contributed by atoms with Crippen molar-refractivity contribution in [3.8, 4) is 0 Å². The van der Waals surface area contributed by atoms with Gasteiger partial charge in [-0.15, -0.1) is 11.3 Å². The summed E-state index contributed by atoms with van der Waals surface area (Å²) in [6, 6.07) is 3.25. The first kappa shape index (κ1) is 9.61. The zero-order chi connectivity index (χ0) is 9.35. The van der Waals surface area contributed by atoms with Gasteiger partial charge in [0.2, 0.25) is 0 Å². The van der Waals surface area contributed by atoms with E-state index >= 15 is 0 Å². The molecule has 1 atom stereocenters. The molecule has 0 radical (unpaired) electrons. The van der Waals surface area contributed by atoms with E-state index in [1.165, 1.54) is 17.4 Å². The molecular formula is C8H10F2OS. The van der Waals surface area contributed by atoms with Crippen molar-refractivity contribution in [3.63, 3.8) is 0 Å². The summed E-state index contributed by atoms with van der Waals surface area (Å²) in [6.45, 7) is 2.94. The maximum atomic E-state index is 12.3. The van der Waals surface area contributed by atoms with Crippen molar-refractivity contribution in [1.82, 2.24) is 0 Å². The number of aryl methyl sites for hydroxylation is 1. The van der Waals surface area contributed by atoms with Gasteiger partial charge in [0.25, 0.3) is 6.43 Å². The van der Waals surface area contributed by atoms with Gasteiger partial charge in [-0.05, 0) is 26.0 Å². The van der Waals surface area contributed by atoms with Crippen molar-refractivity contribution in [3.05, 3.63) is 21.9 Å². The van der Waals surface area contributed by atoms with Gasteiger partial charge in [-0.2, -0.15) is 0 Å². The van der Waals surface area contributed by atoms with E-state index in [9.17, 15) is 13.9 Å². The highest BCUT2D eigenvalue weighted by Gasteiger charge is 2.35. The van der Waals surface area contributed by atoms with Crippen LogP contribution in [-0.4, -0.2) is 11.5 Å². The molecule has 1 N–H and O–H groups in total. The van der Waals surface area contributed by atoms with Crippen LogP contribution in [0, 0.1) is 6.92 Å². The molecule has 1 aromatic rings. The summed E-state index contributed by atoms with van der Waals surface area (Å²) < 4.78 is 24.5. The van der Waals surface area contributed by atoms with Gasteiger partial charge < -0.3 is 5.11 Å². The fraction of sp³-hybridized carbons (Fsp3) is 0.500. The standard InChI is InChI=1S/C8H10F2OS/c1-5-3-4-6(12-5)8(2,11)7(9)10/h3-4,7,11H,1-2H3. The molecule has 12 heavy (non-hydrogen) atoms. The van der Waals surface area contributed by atoms with Crippen molar-refractivity contribution < 1.29 is 13.9 Å². The molecule has 0 aliphatic rings. The lowest BCUT2D eigenvalue weighted by molar-refractivity contribution is -0.0858. The smallest absolute Gasteiger partial charge is 0.271 e. The normalized spacial score (nSPS) is 16.5. The van der Waals surface area contributed by atoms with Crippen LogP contribution in [0.1, 0.15) is 16.7 Å². The number of aliphatic hydroxyl groups is 1. The number of thiophene rings is 1. The van der Waals surface area contributed by atoms with E-state index in [1.54, 1.807) is 6.07 Å². The molecule has 0 amide bonds. The molecule has 0 aliphatic carbocycles. The largest absolute Gasteiger partial charge is 0.379 e. The molecular weight excluding hydrogens is 182 g/mol. The lowest BCUT2D eigenvalue weighted by atomic mass is 10.1. The van der Waals surface area contributed by atoms with Crippen LogP contribution in [0.2, 0.25) is 0 Å². The predicted molar refractivity (Wildman–Crippen MR) is 44.6 cm³/mol. The van der Waals surface area contributed by atoms with E-state index in [-0.39, 0.29) is 0 Å². The molecule has 0 aliphatic heterocycles. The van der Waals surface area contributed by atoms with Crippen LogP contribution in [0.4, 0.5) is 8.78 Å². The van der Waals surface area contributed by atoms with E-state index in [2.05, 4.69) is 0 Å². The van der Waals surface area contributed by atoms with Gasteiger partial charge >= 0.3 is 0 Å². The van der Waals surface area contributed by atoms with Crippen LogP contribution in [0.25, 0.3) is 0 Å². The van der Waals surface area contributed by atoms with Gasteiger partial charge in [0.15, 0.2) is 5.60 Å². The lowest BCUT2D eigenvalue weighted by Crippen LogP contribution is -2.29. The van der Waals surface area contributed by atoms with Crippen LogP contribution in [-0.2, 0) is 5.60 Å². The Hall–Kier alpha value is -0.480. The van der Waals surface area contributed by atoms with Gasteiger partial charge in [0.05, 0.1) is 0 Å². The molecule has 0 saturated carbocycles. The van der Waals surface area contributed by atoms with Gasteiger partial charge in [0.1, 0.15) is 0 Å². The van der Waals surface area contributed by atoms with E-state index in [0.717, 1.165) is 11.8 Å². The summed E-state index contributed by atoms with van der Waals surface area (Å²) >= 11 is 1.19. The summed E-state index contributed by atoms with van der Waals surface area (Å²) in [4.78, 5) is 1.24. The van der Waals surface area contributed by atoms with Crippen LogP contribution in [0.3, 0.4) is 0 Å². The zero-order valence-electron chi connectivity index (χ0n) is 6.84. The van der Waals surface area contributed by atoms with Gasteiger partial charge in [0, 0.05) is 9.75 Å². The average Bonchev–Trinajstić information content (AvgIpc) is 2.35. The second kappa shape index (κ2) is 3.11. The maximum absolute atomic E-state index is 12.3. The Bertz CT molecular complexity index is 268. The third-order valence-corrected chi connectivity index (χ3v) is 2.89. The molecule has 0 aromatic carbocycles. The van der Waals surface area contributed by atoms with E-state index in [0.29, 0.717) is 4.88 Å². The number of halogens is 2. The number of hydrogen-bond donors (Lipinski definition) is 1. The zero-order valence-corrected chi connectivity index (χ0v) is 7.66. The first-order chi connectivity index (χ1) is 5.44. The second-order valence-electron chi connectivity index (χ2n) is 2.86. The van der Waals surface area contributed by atoms with Gasteiger partial charge in [-0.1, -0.05) is 0 Å². The third kappa shape index (κ3) is 1.64. The van der Waals surface area contributed by atoms with Crippen LogP contribution in [0.15, 0.2) is 12.1 Å². The fourth-order valence-electron chi connectivity index (χ4n) is 0.814. The average molecular weight is 192 g/mol. The Balaban J connectivity index is 2.97. The first-order valence-corrected chi connectivity index (χ1v) is 4.33. The van der Waals surface area contributed by atoms with Crippen molar-refractivity contribution in [2.75, 3.05) is 0 Å². The molecule has 0 saturated heterocycles.